The fraction of sp³-hybridized carbons (Fsp3) is 0.500. The summed E-state index contributed by atoms with van der Waals surface area (Å²) in [5.41, 5.74) is 0.718. The molecule has 0 saturated carbocycles. The maximum absolute atomic E-state index is 12.9. The van der Waals surface area contributed by atoms with Crippen LogP contribution in [0.25, 0.3) is 0 Å². The Labute approximate surface area is 151 Å². The van der Waals surface area contributed by atoms with Crippen molar-refractivity contribution in [2.75, 3.05) is 38.3 Å². The summed E-state index contributed by atoms with van der Waals surface area (Å²) in [5.74, 6) is -1.04. The Morgan fingerprint density at radius 1 is 1.31 bits per heavy atom. The first kappa shape index (κ1) is 18.2. The summed E-state index contributed by atoms with van der Waals surface area (Å²) in [4.78, 5) is 39.5. The molecule has 0 aromatic heterocycles. The zero-order valence-corrected chi connectivity index (χ0v) is 14.6. The number of hydrogen-bond donors (Lipinski definition) is 1. The average molecular weight is 362 g/mol. The van der Waals surface area contributed by atoms with Gasteiger partial charge in [0.25, 0.3) is 0 Å². The molecular formula is C18H22N2O6. The summed E-state index contributed by atoms with van der Waals surface area (Å²) in [7, 11) is 1.57. The van der Waals surface area contributed by atoms with Crippen LogP contribution in [0.2, 0.25) is 0 Å². The molecule has 2 unspecified atom stereocenters. The molecule has 1 N–H and O–H groups in total. The highest BCUT2D eigenvalue weighted by molar-refractivity contribution is 6.00. The highest BCUT2D eigenvalue weighted by Crippen LogP contribution is 2.28. The number of aliphatic carboxylic acids is 1. The minimum atomic E-state index is -0.972. The molecule has 0 aliphatic carbocycles. The molecular weight excluding hydrogens is 340 g/mol. The summed E-state index contributed by atoms with van der Waals surface area (Å²) in [6, 6.07) is 6.61. The van der Waals surface area contributed by atoms with Crippen LogP contribution in [0.15, 0.2) is 24.3 Å². The number of rotatable bonds is 5. The Bertz CT molecular complexity index is 689. The first-order valence-electron chi connectivity index (χ1n) is 8.54. The molecule has 2 heterocycles. The van der Waals surface area contributed by atoms with Crippen LogP contribution in [0.5, 0.6) is 5.75 Å². The topological polar surface area (TPSA) is 96.4 Å². The maximum Gasteiger partial charge on any atom is 0.305 e. The third kappa shape index (κ3) is 3.80. The van der Waals surface area contributed by atoms with E-state index in [1.807, 2.05) is 0 Å². The summed E-state index contributed by atoms with van der Waals surface area (Å²) in [6.07, 6.45) is -0.0311. The Morgan fingerprint density at radius 3 is 2.69 bits per heavy atom. The van der Waals surface area contributed by atoms with Gasteiger partial charge in [-0.3, -0.25) is 14.4 Å². The molecule has 2 fully saturated rings. The van der Waals surface area contributed by atoms with Gasteiger partial charge in [-0.05, 0) is 24.3 Å². The predicted molar refractivity (Wildman–Crippen MR) is 92.0 cm³/mol. The number of anilines is 1. The second-order valence-electron chi connectivity index (χ2n) is 6.46. The molecule has 0 spiro atoms. The van der Waals surface area contributed by atoms with Crippen LogP contribution in [-0.4, -0.2) is 67.2 Å². The lowest BCUT2D eigenvalue weighted by molar-refractivity contribution is -0.149. The van der Waals surface area contributed by atoms with Gasteiger partial charge in [-0.2, -0.15) is 0 Å². The van der Waals surface area contributed by atoms with Crippen LogP contribution in [-0.2, 0) is 19.1 Å². The van der Waals surface area contributed by atoms with E-state index in [0.717, 1.165) is 5.69 Å². The van der Waals surface area contributed by atoms with Gasteiger partial charge in [0, 0.05) is 25.2 Å². The first-order chi connectivity index (χ1) is 12.5. The standard InChI is InChI=1S/C18H22N2O6/c1-25-15-4-2-13(3-5-15)20-10-12(8-16(20)21)18(24)19-6-7-26-11-14(19)9-17(22)23/h2-5,12,14H,6-11H2,1H3,(H,22,23). The van der Waals surface area contributed by atoms with E-state index in [-0.39, 0.29) is 31.3 Å². The highest BCUT2D eigenvalue weighted by Gasteiger charge is 2.40. The van der Waals surface area contributed by atoms with E-state index in [1.54, 1.807) is 41.2 Å². The lowest BCUT2D eigenvalue weighted by Gasteiger charge is -2.36. The minimum absolute atomic E-state index is 0.114. The smallest absolute Gasteiger partial charge is 0.305 e. The summed E-state index contributed by atoms with van der Waals surface area (Å²) < 4.78 is 10.4. The molecule has 0 radical (unpaired) electrons. The van der Waals surface area contributed by atoms with E-state index in [0.29, 0.717) is 25.4 Å². The van der Waals surface area contributed by atoms with E-state index in [2.05, 4.69) is 0 Å². The summed E-state index contributed by atoms with van der Waals surface area (Å²) >= 11 is 0. The van der Waals surface area contributed by atoms with Gasteiger partial charge in [-0.1, -0.05) is 0 Å². The molecule has 140 valence electrons. The van der Waals surface area contributed by atoms with Crippen molar-refractivity contribution in [3.63, 3.8) is 0 Å². The van der Waals surface area contributed by atoms with E-state index < -0.39 is 17.9 Å². The fourth-order valence-corrected chi connectivity index (χ4v) is 3.43. The predicted octanol–water partition coefficient (Wildman–Crippen LogP) is 0.750. The van der Waals surface area contributed by atoms with Crippen LogP contribution in [0.4, 0.5) is 5.69 Å². The monoisotopic (exact) mass is 362 g/mol. The first-order valence-corrected chi connectivity index (χ1v) is 8.54. The Hall–Kier alpha value is -2.61. The molecule has 0 bridgehead atoms. The molecule has 2 atom stereocenters. The number of ether oxygens (including phenoxy) is 2. The van der Waals surface area contributed by atoms with Gasteiger partial charge < -0.3 is 24.4 Å². The number of methoxy groups -OCH3 is 1. The van der Waals surface area contributed by atoms with Crippen molar-refractivity contribution in [2.24, 2.45) is 5.92 Å². The number of carbonyl (C=O) groups is 3. The van der Waals surface area contributed by atoms with E-state index >= 15 is 0 Å². The Morgan fingerprint density at radius 2 is 2.04 bits per heavy atom. The lowest BCUT2D eigenvalue weighted by atomic mass is 10.0. The van der Waals surface area contributed by atoms with Gasteiger partial charge in [0.1, 0.15) is 5.75 Å². The van der Waals surface area contributed by atoms with Crippen LogP contribution >= 0.6 is 0 Å². The summed E-state index contributed by atoms with van der Waals surface area (Å²) in [6.45, 7) is 1.23. The number of hydrogen-bond acceptors (Lipinski definition) is 5. The zero-order chi connectivity index (χ0) is 18.7. The number of benzene rings is 1. The van der Waals surface area contributed by atoms with Crippen LogP contribution in [0.1, 0.15) is 12.8 Å². The van der Waals surface area contributed by atoms with Crippen LogP contribution in [0.3, 0.4) is 0 Å². The third-order valence-electron chi connectivity index (χ3n) is 4.78. The number of nitrogens with zero attached hydrogens (tertiary/aromatic N) is 2. The highest BCUT2D eigenvalue weighted by atomic mass is 16.5. The van der Waals surface area contributed by atoms with Crippen molar-refractivity contribution >= 4 is 23.5 Å². The van der Waals surface area contributed by atoms with E-state index in [9.17, 15) is 14.4 Å². The molecule has 26 heavy (non-hydrogen) atoms. The number of carboxylic acids is 1. The van der Waals surface area contributed by atoms with Gasteiger partial charge in [0.2, 0.25) is 11.8 Å². The van der Waals surface area contributed by atoms with E-state index in [4.69, 9.17) is 14.6 Å². The molecule has 2 aliphatic heterocycles. The molecule has 2 aliphatic rings. The number of amides is 2. The maximum atomic E-state index is 12.9. The number of carboxylic acid groups (broad SMARTS) is 1. The lowest BCUT2D eigenvalue weighted by Crippen LogP contribution is -2.51. The van der Waals surface area contributed by atoms with Crippen molar-refractivity contribution < 1.29 is 29.0 Å². The van der Waals surface area contributed by atoms with Gasteiger partial charge in [0.05, 0.1) is 38.7 Å². The van der Waals surface area contributed by atoms with Gasteiger partial charge in [-0.15, -0.1) is 0 Å². The third-order valence-corrected chi connectivity index (χ3v) is 4.78. The van der Waals surface area contributed by atoms with Crippen molar-refractivity contribution in [1.82, 2.24) is 4.90 Å². The molecule has 8 nitrogen and oxygen atoms in total. The van der Waals surface area contributed by atoms with Gasteiger partial charge in [-0.25, -0.2) is 0 Å². The van der Waals surface area contributed by atoms with Crippen molar-refractivity contribution in [3.8, 4) is 5.75 Å². The van der Waals surface area contributed by atoms with Crippen molar-refractivity contribution in [2.45, 2.75) is 18.9 Å². The number of morpholine rings is 1. The number of carbonyl (C=O) groups excluding carboxylic acids is 2. The SMILES string of the molecule is COc1ccc(N2CC(C(=O)N3CCOCC3CC(=O)O)CC2=O)cc1. The molecule has 2 amide bonds. The minimum Gasteiger partial charge on any atom is -0.497 e. The van der Waals surface area contributed by atoms with Crippen molar-refractivity contribution in [3.05, 3.63) is 24.3 Å². The Balaban J connectivity index is 1.70. The quantitative estimate of drug-likeness (QED) is 0.830. The van der Waals surface area contributed by atoms with Crippen LogP contribution in [0, 0.1) is 5.92 Å². The summed E-state index contributed by atoms with van der Waals surface area (Å²) in [5, 5.41) is 9.04. The molecule has 1 aromatic rings. The second-order valence-corrected chi connectivity index (χ2v) is 6.46. The van der Waals surface area contributed by atoms with Gasteiger partial charge in [0.15, 0.2) is 0 Å². The molecule has 1 aromatic carbocycles. The van der Waals surface area contributed by atoms with E-state index in [1.165, 1.54) is 0 Å². The average Bonchev–Trinajstić information content (AvgIpc) is 3.03. The fourth-order valence-electron chi connectivity index (χ4n) is 3.43. The zero-order valence-electron chi connectivity index (χ0n) is 14.6. The van der Waals surface area contributed by atoms with Crippen LogP contribution < -0.4 is 9.64 Å². The second kappa shape index (κ2) is 7.74. The molecule has 8 heteroatoms. The van der Waals surface area contributed by atoms with Gasteiger partial charge >= 0.3 is 5.97 Å². The molecule has 3 rings (SSSR count). The van der Waals surface area contributed by atoms with Crippen molar-refractivity contribution in [1.29, 1.82) is 0 Å². The largest absolute Gasteiger partial charge is 0.497 e. The Kier molecular flexibility index (Phi) is 5.41. The normalized spacial score (nSPS) is 23.2. The molecule has 2 saturated heterocycles.